The van der Waals surface area contributed by atoms with Gasteiger partial charge in [-0.2, -0.15) is 5.26 Å². The van der Waals surface area contributed by atoms with Gasteiger partial charge < -0.3 is 9.47 Å². The highest BCUT2D eigenvalue weighted by atomic mass is 19.1. The largest absolute Gasteiger partial charge is 0.496 e. The molecule has 0 aliphatic heterocycles. The number of methoxy groups -OCH3 is 1. The van der Waals surface area contributed by atoms with E-state index in [1.165, 1.54) is 19.4 Å². The van der Waals surface area contributed by atoms with Gasteiger partial charge in [0.25, 0.3) is 0 Å². The maximum Gasteiger partial charge on any atom is 0.177 e. The van der Waals surface area contributed by atoms with E-state index in [4.69, 9.17) is 14.7 Å². The van der Waals surface area contributed by atoms with Gasteiger partial charge in [-0.25, -0.2) is 4.39 Å². The van der Waals surface area contributed by atoms with Crippen LogP contribution in [0.15, 0.2) is 54.7 Å². The van der Waals surface area contributed by atoms with E-state index in [0.29, 0.717) is 22.6 Å². The molecule has 3 rings (SSSR count). The van der Waals surface area contributed by atoms with Crippen LogP contribution < -0.4 is 9.47 Å². The third kappa shape index (κ3) is 3.43. The number of aryl methyl sites for hydroxylation is 1. The van der Waals surface area contributed by atoms with Gasteiger partial charge in [-0.1, -0.05) is 12.1 Å². The minimum absolute atomic E-state index is 0.0591. The average Bonchev–Trinajstić information content (AvgIpc) is 2.65. The summed E-state index contributed by atoms with van der Waals surface area (Å²) >= 11 is 0. The second-order valence-corrected chi connectivity index (χ2v) is 5.38. The normalized spacial score (nSPS) is 10.2. The van der Waals surface area contributed by atoms with E-state index in [1.807, 2.05) is 6.92 Å². The Hall–Kier alpha value is -3.39. The molecule has 0 atom stereocenters. The topological polar surface area (TPSA) is 55.1 Å². The Morgan fingerprint density at radius 2 is 1.88 bits per heavy atom. The molecule has 2 aromatic carbocycles. The van der Waals surface area contributed by atoms with Gasteiger partial charge in [0.15, 0.2) is 11.6 Å². The summed E-state index contributed by atoms with van der Waals surface area (Å²) in [4.78, 5) is 4.13. The Labute approximate surface area is 145 Å². The third-order valence-corrected chi connectivity index (χ3v) is 3.68. The van der Waals surface area contributed by atoms with Crippen molar-refractivity contribution in [3.8, 4) is 34.4 Å². The van der Waals surface area contributed by atoms with E-state index in [-0.39, 0.29) is 11.3 Å². The van der Waals surface area contributed by atoms with Crippen molar-refractivity contribution in [2.24, 2.45) is 0 Å². The van der Waals surface area contributed by atoms with Crippen molar-refractivity contribution in [1.82, 2.24) is 4.98 Å². The zero-order chi connectivity index (χ0) is 17.8. The van der Waals surface area contributed by atoms with Gasteiger partial charge >= 0.3 is 0 Å². The van der Waals surface area contributed by atoms with Gasteiger partial charge in [-0.05, 0) is 48.9 Å². The van der Waals surface area contributed by atoms with Crippen molar-refractivity contribution in [3.05, 3.63) is 71.8 Å². The quantitative estimate of drug-likeness (QED) is 0.683. The van der Waals surface area contributed by atoms with Crippen LogP contribution in [0.5, 0.6) is 17.2 Å². The molecule has 0 N–H and O–H groups in total. The van der Waals surface area contributed by atoms with E-state index < -0.39 is 5.82 Å². The molecule has 0 saturated heterocycles. The predicted octanol–water partition coefficient (Wildman–Crippen LogP) is 4.87. The summed E-state index contributed by atoms with van der Waals surface area (Å²) in [6, 6.07) is 15.4. The molecule has 124 valence electrons. The zero-order valence-corrected chi connectivity index (χ0v) is 13.8. The lowest BCUT2D eigenvalue weighted by Gasteiger charge is -2.14. The second kappa shape index (κ2) is 7.02. The predicted molar refractivity (Wildman–Crippen MR) is 92.2 cm³/mol. The Balaban J connectivity index is 2.08. The fourth-order valence-electron chi connectivity index (χ4n) is 2.44. The number of nitrogens with zero attached hydrogens (tertiary/aromatic N) is 2. The fraction of sp³-hybridized carbons (Fsp3) is 0.100. The summed E-state index contributed by atoms with van der Waals surface area (Å²) in [5, 5.41) is 9.07. The molecule has 0 aliphatic rings. The highest BCUT2D eigenvalue weighted by molar-refractivity contribution is 5.74. The SMILES string of the molecule is COc1ccc(Oc2ccc(C)nc2)c(F)c1-c1cccc(C#N)c1. The molecule has 0 bridgehead atoms. The Bertz CT molecular complexity index is 947. The van der Waals surface area contributed by atoms with Crippen molar-refractivity contribution in [3.63, 3.8) is 0 Å². The molecule has 0 aliphatic carbocycles. The molecule has 0 fully saturated rings. The molecule has 4 nitrogen and oxygen atoms in total. The van der Waals surface area contributed by atoms with E-state index in [1.54, 1.807) is 42.5 Å². The molecule has 0 unspecified atom stereocenters. The first-order valence-corrected chi connectivity index (χ1v) is 7.60. The fourth-order valence-corrected chi connectivity index (χ4v) is 2.44. The lowest BCUT2D eigenvalue weighted by molar-refractivity contribution is 0.404. The van der Waals surface area contributed by atoms with Gasteiger partial charge in [0, 0.05) is 5.69 Å². The third-order valence-electron chi connectivity index (χ3n) is 3.68. The molecule has 0 saturated carbocycles. The van der Waals surface area contributed by atoms with Crippen LogP contribution in [0.25, 0.3) is 11.1 Å². The monoisotopic (exact) mass is 334 g/mol. The van der Waals surface area contributed by atoms with Crippen molar-refractivity contribution in [2.75, 3.05) is 7.11 Å². The molecule has 25 heavy (non-hydrogen) atoms. The molecule has 0 radical (unpaired) electrons. The summed E-state index contributed by atoms with van der Waals surface area (Å²) in [7, 11) is 1.47. The Morgan fingerprint density at radius 3 is 2.56 bits per heavy atom. The molecule has 5 heteroatoms. The van der Waals surface area contributed by atoms with Crippen LogP contribution in [0.3, 0.4) is 0 Å². The molecule has 1 aromatic heterocycles. The summed E-state index contributed by atoms with van der Waals surface area (Å²) in [6.07, 6.45) is 1.54. The molecule has 3 aromatic rings. The van der Waals surface area contributed by atoms with Crippen molar-refractivity contribution >= 4 is 0 Å². The van der Waals surface area contributed by atoms with Gasteiger partial charge in [-0.3, -0.25) is 4.98 Å². The number of pyridine rings is 1. The number of benzene rings is 2. The number of rotatable bonds is 4. The standard InChI is InChI=1S/C20H15FN2O2/c1-13-6-7-16(12-23-13)25-18-9-8-17(24-2)19(20(18)21)15-5-3-4-14(10-15)11-22/h3-10,12H,1-2H3. The van der Waals surface area contributed by atoms with E-state index >= 15 is 4.39 Å². The summed E-state index contributed by atoms with van der Waals surface area (Å²) in [5.41, 5.74) is 2.07. The molecule has 0 spiro atoms. The van der Waals surface area contributed by atoms with Crippen LogP contribution in [0.4, 0.5) is 4.39 Å². The van der Waals surface area contributed by atoms with Crippen LogP contribution in [0.2, 0.25) is 0 Å². The molecule has 0 amide bonds. The maximum absolute atomic E-state index is 15.1. The molecule has 1 heterocycles. The Kier molecular flexibility index (Phi) is 4.62. The average molecular weight is 334 g/mol. The second-order valence-electron chi connectivity index (χ2n) is 5.38. The smallest absolute Gasteiger partial charge is 0.177 e. The van der Waals surface area contributed by atoms with Crippen molar-refractivity contribution in [2.45, 2.75) is 6.92 Å². The van der Waals surface area contributed by atoms with Crippen LogP contribution in [-0.4, -0.2) is 12.1 Å². The van der Waals surface area contributed by atoms with E-state index in [2.05, 4.69) is 11.1 Å². The van der Waals surface area contributed by atoms with E-state index in [0.717, 1.165) is 5.69 Å². The zero-order valence-electron chi connectivity index (χ0n) is 13.8. The summed E-state index contributed by atoms with van der Waals surface area (Å²) < 4.78 is 26.0. The Morgan fingerprint density at radius 1 is 1.08 bits per heavy atom. The number of ether oxygens (including phenoxy) is 2. The van der Waals surface area contributed by atoms with Crippen molar-refractivity contribution in [1.29, 1.82) is 5.26 Å². The minimum atomic E-state index is -0.560. The number of hydrogen-bond acceptors (Lipinski definition) is 4. The van der Waals surface area contributed by atoms with Gasteiger partial charge in [0.1, 0.15) is 11.5 Å². The van der Waals surface area contributed by atoms with Crippen LogP contribution in [0, 0.1) is 24.1 Å². The van der Waals surface area contributed by atoms with Crippen molar-refractivity contribution < 1.29 is 13.9 Å². The van der Waals surface area contributed by atoms with E-state index in [9.17, 15) is 0 Å². The van der Waals surface area contributed by atoms with Crippen LogP contribution >= 0.6 is 0 Å². The molecular formula is C20H15FN2O2. The van der Waals surface area contributed by atoms with Gasteiger partial charge in [0.2, 0.25) is 0 Å². The first kappa shape index (κ1) is 16.5. The number of nitriles is 1. The van der Waals surface area contributed by atoms with Gasteiger partial charge in [0.05, 0.1) is 30.5 Å². The highest BCUT2D eigenvalue weighted by Gasteiger charge is 2.18. The number of halogens is 1. The van der Waals surface area contributed by atoms with Crippen LogP contribution in [-0.2, 0) is 0 Å². The van der Waals surface area contributed by atoms with Crippen LogP contribution in [0.1, 0.15) is 11.3 Å². The molecular weight excluding hydrogens is 319 g/mol. The first-order chi connectivity index (χ1) is 12.1. The summed E-state index contributed by atoms with van der Waals surface area (Å²) in [6.45, 7) is 1.86. The highest BCUT2D eigenvalue weighted by Crippen LogP contribution is 2.38. The number of hydrogen-bond donors (Lipinski definition) is 0. The lowest BCUT2D eigenvalue weighted by atomic mass is 10.0. The maximum atomic E-state index is 15.1. The number of aromatic nitrogens is 1. The summed E-state index contributed by atoms with van der Waals surface area (Å²) in [5.74, 6) is 0.298. The lowest BCUT2D eigenvalue weighted by Crippen LogP contribution is -1.96. The minimum Gasteiger partial charge on any atom is -0.496 e. The first-order valence-electron chi connectivity index (χ1n) is 7.60. The van der Waals surface area contributed by atoms with Gasteiger partial charge in [-0.15, -0.1) is 0 Å².